The molecule has 1 saturated heterocycles. The van der Waals surface area contributed by atoms with E-state index in [1.807, 2.05) is 11.8 Å². The standard InChI is InChI=1S/C9H19NO2S/c1-8-7-13-5-4-10(8)6-9(11-2)12-3/h8-9H,4-7H2,1-3H3. The largest absolute Gasteiger partial charge is 0.355 e. The maximum atomic E-state index is 5.18. The second-order valence-corrected chi connectivity index (χ2v) is 4.47. The highest BCUT2D eigenvalue weighted by Gasteiger charge is 2.21. The van der Waals surface area contributed by atoms with Gasteiger partial charge >= 0.3 is 0 Å². The Labute approximate surface area is 84.8 Å². The highest BCUT2D eigenvalue weighted by atomic mass is 32.2. The van der Waals surface area contributed by atoms with Crippen LogP contribution in [0, 0.1) is 0 Å². The van der Waals surface area contributed by atoms with Crippen LogP contribution in [0.15, 0.2) is 0 Å². The number of ether oxygens (including phenoxy) is 2. The van der Waals surface area contributed by atoms with Crippen molar-refractivity contribution in [3.8, 4) is 0 Å². The van der Waals surface area contributed by atoms with Crippen molar-refractivity contribution in [2.75, 3.05) is 38.8 Å². The average molecular weight is 205 g/mol. The molecule has 1 heterocycles. The molecule has 0 amide bonds. The lowest BCUT2D eigenvalue weighted by atomic mass is 10.3. The minimum atomic E-state index is -0.0782. The van der Waals surface area contributed by atoms with Gasteiger partial charge in [0.25, 0.3) is 0 Å². The van der Waals surface area contributed by atoms with Gasteiger partial charge in [-0.1, -0.05) is 0 Å². The van der Waals surface area contributed by atoms with Crippen LogP contribution in [0.1, 0.15) is 6.92 Å². The van der Waals surface area contributed by atoms with Gasteiger partial charge in [-0.25, -0.2) is 0 Å². The van der Waals surface area contributed by atoms with Crippen molar-refractivity contribution in [2.24, 2.45) is 0 Å². The van der Waals surface area contributed by atoms with Crippen molar-refractivity contribution in [2.45, 2.75) is 19.3 Å². The van der Waals surface area contributed by atoms with Gasteiger partial charge in [-0.2, -0.15) is 11.8 Å². The molecule has 0 bridgehead atoms. The van der Waals surface area contributed by atoms with Crippen molar-refractivity contribution in [1.29, 1.82) is 0 Å². The third kappa shape index (κ3) is 3.46. The van der Waals surface area contributed by atoms with Crippen LogP contribution in [0.4, 0.5) is 0 Å². The van der Waals surface area contributed by atoms with Gasteiger partial charge in [-0.3, -0.25) is 4.90 Å². The van der Waals surface area contributed by atoms with Gasteiger partial charge in [0, 0.05) is 44.9 Å². The normalized spacial score (nSPS) is 25.4. The molecule has 0 aliphatic carbocycles. The minimum absolute atomic E-state index is 0.0782. The zero-order valence-corrected chi connectivity index (χ0v) is 9.47. The fourth-order valence-corrected chi connectivity index (χ4v) is 2.55. The van der Waals surface area contributed by atoms with Gasteiger partial charge in [0.1, 0.15) is 0 Å². The van der Waals surface area contributed by atoms with E-state index in [9.17, 15) is 0 Å². The smallest absolute Gasteiger partial charge is 0.169 e. The van der Waals surface area contributed by atoms with Crippen LogP contribution in [0.2, 0.25) is 0 Å². The van der Waals surface area contributed by atoms with Gasteiger partial charge < -0.3 is 9.47 Å². The quantitative estimate of drug-likeness (QED) is 0.639. The topological polar surface area (TPSA) is 21.7 Å². The molecule has 1 rings (SSSR count). The second kappa shape index (κ2) is 5.86. The maximum absolute atomic E-state index is 5.18. The van der Waals surface area contributed by atoms with Gasteiger partial charge in [-0.05, 0) is 6.92 Å². The van der Waals surface area contributed by atoms with Crippen LogP contribution < -0.4 is 0 Å². The molecule has 4 heteroatoms. The lowest BCUT2D eigenvalue weighted by Gasteiger charge is -2.34. The predicted molar refractivity (Wildman–Crippen MR) is 56.2 cm³/mol. The van der Waals surface area contributed by atoms with E-state index in [1.54, 1.807) is 14.2 Å². The summed E-state index contributed by atoms with van der Waals surface area (Å²) in [6, 6.07) is 0.645. The molecule has 0 aromatic carbocycles. The molecule has 3 nitrogen and oxygen atoms in total. The van der Waals surface area contributed by atoms with Crippen LogP contribution in [-0.4, -0.2) is 56.0 Å². The molecule has 13 heavy (non-hydrogen) atoms. The zero-order valence-electron chi connectivity index (χ0n) is 8.66. The van der Waals surface area contributed by atoms with Crippen LogP contribution in [0.5, 0.6) is 0 Å². The lowest BCUT2D eigenvalue weighted by molar-refractivity contribution is -0.118. The second-order valence-electron chi connectivity index (χ2n) is 3.32. The highest BCUT2D eigenvalue weighted by molar-refractivity contribution is 7.99. The third-order valence-corrected chi connectivity index (χ3v) is 3.60. The summed E-state index contributed by atoms with van der Waals surface area (Å²) in [6.45, 7) is 4.29. The Balaban J connectivity index is 2.32. The van der Waals surface area contributed by atoms with E-state index in [0.29, 0.717) is 6.04 Å². The summed E-state index contributed by atoms with van der Waals surface area (Å²) in [7, 11) is 3.38. The first kappa shape index (κ1) is 11.3. The Morgan fingerprint density at radius 2 is 2.15 bits per heavy atom. The molecular weight excluding hydrogens is 186 g/mol. The van der Waals surface area contributed by atoms with Gasteiger partial charge in [0.15, 0.2) is 6.29 Å². The van der Waals surface area contributed by atoms with E-state index in [4.69, 9.17) is 9.47 Å². The molecule has 1 atom stereocenters. The van der Waals surface area contributed by atoms with Gasteiger partial charge in [0.2, 0.25) is 0 Å². The van der Waals surface area contributed by atoms with E-state index < -0.39 is 0 Å². The summed E-state index contributed by atoms with van der Waals surface area (Å²) < 4.78 is 10.4. The Morgan fingerprint density at radius 1 is 1.46 bits per heavy atom. The fraction of sp³-hybridized carbons (Fsp3) is 1.00. The molecule has 0 spiro atoms. The molecule has 1 aliphatic rings. The SMILES string of the molecule is COC(CN1CCSCC1C)OC. The van der Waals surface area contributed by atoms with Crippen LogP contribution in [-0.2, 0) is 9.47 Å². The van der Waals surface area contributed by atoms with Gasteiger partial charge in [-0.15, -0.1) is 0 Å². The van der Waals surface area contributed by atoms with Crippen LogP contribution in [0.25, 0.3) is 0 Å². The van der Waals surface area contributed by atoms with Crippen LogP contribution >= 0.6 is 11.8 Å². The van der Waals surface area contributed by atoms with E-state index in [1.165, 1.54) is 11.5 Å². The number of hydrogen-bond donors (Lipinski definition) is 0. The van der Waals surface area contributed by atoms with Crippen molar-refractivity contribution >= 4 is 11.8 Å². The molecule has 0 aromatic rings. The summed E-state index contributed by atoms with van der Waals surface area (Å²) in [4.78, 5) is 2.42. The van der Waals surface area contributed by atoms with Crippen molar-refractivity contribution in [3.05, 3.63) is 0 Å². The Kier molecular flexibility index (Phi) is 5.09. The lowest BCUT2D eigenvalue weighted by Crippen LogP contribution is -2.45. The zero-order chi connectivity index (χ0) is 9.68. The minimum Gasteiger partial charge on any atom is -0.355 e. The first-order valence-electron chi connectivity index (χ1n) is 4.65. The predicted octanol–water partition coefficient (Wildman–Crippen LogP) is 1.04. The molecule has 0 radical (unpaired) electrons. The van der Waals surface area contributed by atoms with E-state index >= 15 is 0 Å². The van der Waals surface area contributed by atoms with Crippen molar-refractivity contribution < 1.29 is 9.47 Å². The Bertz CT molecular complexity index is 142. The van der Waals surface area contributed by atoms with E-state index in [2.05, 4.69) is 11.8 Å². The maximum Gasteiger partial charge on any atom is 0.169 e. The number of thioether (sulfide) groups is 1. The number of hydrogen-bond acceptors (Lipinski definition) is 4. The number of methoxy groups -OCH3 is 2. The van der Waals surface area contributed by atoms with E-state index in [0.717, 1.165) is 13.1 Å². The Morgan fingerprint density at radius 3 is 2.69 bits per heavy atom. The Hall–Kier alpha value is 0.230. The number of nitrogens with zero attached hydrogens (tertiary/aromatic N) is 1. The molecule has 1 aliphatic heterocycles. The summed E-state index contributed by atoms with van der Waals surface area (Å²) >= 11 is 2.03. The molecule has 1 unspecified atom stereocenters. The average Bonchev–Trinajstić information content (AvgIpc) is 2.17. The van der Waals surface area contributed by atoms with Gasteiger partial charge in [0.05, 0.1) is 0 Å². The molecule has 1 fully saturated rings. The molecular formula is C9H19NO2S. The molecule has 0 saturated carbocycles. The summed E-state index contributed by atoms with van der Waals surface area (Å²) in [6.07, 6.45) is -0.0782. The molecule has 0 N–H and O–H groups in total. The van der Waals surface area contributed by atoms with Crippen molar-refractivity contribution in [1.82, 2.24) is 4.90 Å². The van der Waals surface area contributed by atoms with Crippen LogP contribution in [0.3, 0.4) is 0 Å². The summed E-state index contributed by atoms with van der Waals surface area (Å²) in [5.41, 5.74) is 0. The third-order valence-electron chi connectivity index (χ3n) is 2.41. The molecule has 78 valence electrons. The van der Waals surface area contributed by atoms with Crippen molar-refractivity contribution in [3.63, 3.8) is 0 Å². The fourth-order valence-electron chi connectivity index (χ4n) is 1.47. The monoisotopic (exact) mass is 205 g/mol. The first-order valence-corrected chi connectivity index (χ1v) is 5.80. The molecule has 0 aromatic heterocycles. The summed E-state index contributed by atoms with van der Waals surface area (Å²) in [5, 5.41) is 0. The summed E-state index contributed by atoms with van der Waals surface area (Å²) in [5.74, 6) is 2.45. The number of rotatable bonds is 4. The van der Waals surface area contributed by atoms with E-state index in [-0.39, 0.29) is 6.29 Å². The first-order chi connectivity index (χ1) is 6.27. The highest BCUT2D eigenvalue weighted by Crippen LogP contribution is 2.16.